The normalized spacial score (nSPS) is 11.2. The van der Waals surface area contributed by atoms with Gasteiger partial charge in [-0.2, -0.15) is 0 Å². The number of hydrogen-bond acceptors (Lipinski definition) is 2. The molecule has 0 aliphatic rings. The van der Waals surface area contributed by atoms with E-state index in [-0.39, 0.29) is 11.5 Å². The fraction of sp³-hybridized carbons (Fsp3) is 0.133. The number of halogens is 3. The highest BCUT2D eigenvalue weighted by molar-refractivity contribution is 5.80. The summed E-state index contributed by atoms with van der Waals surface area (Å²) in [5.74, 6) is -4.14. The van der Waals surface area contributed by atoms with Crippen molar-refractivity contribution >= 4 is 11.1 Å². The SMILES string of the molecule is Cc1cc(C)c2oc(-c3ccc(F)c(F)c3F)nc2c1. The highest BCUT2D eigenvalue weighted by Crippen LogP contribution is 2.30. The standard InChI is InChI=1S/C15H10F3NO/c1-7-5-8(2)14-11(6-7)19-15(20-14)9-3-4-10(16)13(18)12(9)17/h3-6H,1-2H3. The first-order valence-electron chi connectivity index (χ1n) is 5.99. The van der Waals surface area contributed by atoms with Gasteiger partial charge in [0.15, 0.2) is 23.0 Å². The molecule has 0 radical (unpaired) electrons. The van der Waals surface area contributed by atoms with Gasteiger partial charge in [0.2, 0.25) is 5.89 Å². The average Bonchev–Trinajstić information content (AvgIpc) is 2.80. The maximum absolute atomic E-state index is 13.7. The van der Waals surface area contributed by atoms with Crippen LogP contribution in [0.5, 0.6) is 0 Å². The minimum absolute atomic E-state index is 0.0647. The van der Waals surface area contributed by atoms with Crippen LogP contribution >= 0.6 is 0 Å². The largest absolute Gasteiger partial charge is 0.436 e. The van der Waals surface area contributed by atoms with E-state index in [2.05, 4.69) is 4.98 Å². The molecule has 0 aliphatic heterocycles. The van der Waals surface area contributed by atoms with Crippen molar-refractivity contribution in [3.63, 3.8) is 0 Å². The summed E-state index contributed by atoms with van der Waals surface area (Å²) < 4.78 is 45.4. The van der Waals surface area contributed by atoms with E-state index in [1.807, 2.05) is 19.9 Å². The summed E-state index contributed by atoms with van der Waals surface area (Å²) in [7, 11) is 0. The van der Waals surface area contributed by atoms with Crippen LogP contribution in [0.4, 0.5) is 13.2 Å². The fourth-order valence-corrected chi connectivity index (χ4v) is 2.18. The Morgan fingerprint density at radius 2 is 1.75 bits per heavy atom. The van der Waals surface area contributed by atoms with Gasteiger partial charge in [-0.15, -0.1) is 0 Å². The molecule has 0 fully saturated rings. The molecule has 1 heterocycles. The van der Waals surface area contributed by atoms with Gasteiger partial charge >= 0.3 is 0 Å². The maximum Gasteiger partial charge on any atom is 0.230 e. The Morgan fingerprint density at radius 1 is 1.00 bits per heavy atom. The molecule has 0 amide bonds. The van der Waals surface area contributed by atoms with E-state index >= 15 is 0 Å². The molecule has 1 aromatic heterocycles. The van der Waals surface area contributed by atoms with Gasteiger partial charge < -0.3 is 4.42 Å². The average molecular weight is 277 g/mol. The molecule has 2 aromatic carbocycles. The van der Waals surface area contributed by atoms with Crippen LogP contribution < -0.4 is 0 Å². The third-order valence-corrected chi connectivity index (χ3v) is 3.09. The second-order valence-corrected chi connectivity index (χ2v) is 4.67. The molecule has 0 saturated carbocycles. The van der Waals surface area contributed by atoms with E-state index in [4.69, 9.17) is 4.42 Å². The molecular formula is C15H10F3NO. The summed E-state index contributed by atoms with van der Waals surface area (Å²) in [6.07, 6.45) is 0. The van der Waals surface area contributed by atoms with Crippen molar-refractivity contribution in [2.24, 2.45) is 0 Å². The first kappa shape index (κ1) is 12.7. The Hall–Kier alpha value is -2.30. The van der Waals surface area contributed by atoms with E-state index in [9.17, 15) is 13.2 Å². The van der Waals surface area contributed by atoms with Crippen LogP contribution in [0.25, 0.3) is 22.6 Å². The zero-order valence-corrected chi connectivity index (χ0v) is 10.8. The predicted octanol–water partition coefficient (Wildman–Crippen LogP) is 4.53. The van der Waals surface area contributed by atoms with Gasteiger partial charge in [0.25, 0.3) is 0 Å². The van der Waals surface area contributed by atoms with E-state index in [1.165, 1.54) is 0 Å². The topological polar surface area (TPSA) is 26.0 Å². The van der Waals surface area contributed by atoms with Crippen molar-refractivity contribution in [1.29, 1.82) is 0 Å². The molecule has 0 unspecified atom stereocenters. The summed E-state index contributed by atoms with van der Waals surface area (Å²) in [5.41, 5.74) is 2.70. The molecule has 102 valence electrons. The molecule has 2 nitrogen and oxygen atoms in total. The Bertz CT molecular complexity index is 824. The molecular weight excluding hydrogens is 267 g/mol. The second kappa shape index (κ2) is 4.37. The smallest absolute Gasteiger partial charge is 0.230 e. The molecule has 0 N–H and O–H groups in total. The Kier molecular flexibility index (Phi) is 2.78. The third-order valence-electron chi connectivity index (χ3n) is 3.09. The lowest BCUT2D eigenvalue weighted by atomic mass is 10.1. The fourth-order valence-electron chi connectivity index (χ4n) is 2.18. The van der Waals surface area contributed by atoms with Gasteiger partial charge in [-0.1, -0.05) is 6.07 Å². The van der Waals surface area contributed by atoms with Crippen LogP contribution in [0.3, 0.4) is 0 Å². The number of aryl methyl sites for hydroxylation is 2. The van der Waals surface area contributed by atoms with Crippen molar-refractivity contribution in [2.75, 3.05) is 0 Å². The number of benzene rings is 2. The lowest BCUT2D eigenvalue weighted by Crippen LogP contribution is -1.93. The van der Waals surface area contributed by atoms with Crippen LogP contribution in [0.1, 0.15) is 11.1 Å². The summed E-state index contributed by atoms with van der Waals surface area (Å²) in [5, 5.41) is 0. The third kappa shape index (κ3) is 1.86. The maximum atomic E-state index is 13.7. The van der Waals surface area contributed by atoms with Crippen LogP contribution in [-0.2, 0) is 0 Å². The number of rotatable bonds is 1. The lowest BCUT2D eigenvalue weighted by molar-refractivity contribution is 0.446. The lowest BCUT2D eigenvalue weighted by Gasteiger charge is -2.00. The van der Waals surface area contributed by atoms with Gasteiger partial charge in [0.1, 0.15) is 5.52 Å². The Morgan fingerprint density at radius 3 is 2.50 bits per heavy atom. The molecule has 0 spiro atoms. The first-order chi connectivity index (χ1) is 9.47. The molecule has 5 heteroatoms. The van der Waals surface area contributed by atoms with Crippen LogP contribution in [-0.4, -0.2) is 4.98 Å². The predicted molar refractivity (Wildman–Crippen MR) is 68.8 cm³/mol. The molecule has 0 bridgehead atoms. The number of hydrogen-bond donors (Lipinski definition) is 0. The zero-order valence-electron chi connectivity index (χ0n) is 10.8. The van der Waals surface area contributed by atoms with Crippen LogP contribution in [0.2, 0.25) is 0 Å². The molecule has 0 aliphatic carbocycles. The molecule has 3 rings (SSSR count). The minimum atomic E-state index is -1.53. The Balaban J connectivity index is 2.26. The van der Waals surface area contributed by atoms with Crippen molar-refractivity contribution < 1.29 is 17.6 Å². The van der Waals surface area contributed by atoms with E-state index in [1.54, 1.807) is 6.07 Å². The van der Waals surface area contributed by atoms with Gasteiger partial charge in [0.05, 0.1) is 5.56 Å². The summed E-state index contributed by atoms with van der Waals surface area (Å²) >= 11 is 0. The van der Waals surface area contributed by atoms with E-state index in [0.717, 1.165) is 23.3 Å². The van der Waals surface area contributed by atoms with Gasteiger partial charge in [-0.05, 0) is 43.2 Å². The molecule has 0 atom stereocenters. The highest BCUT2D eigenvalue weighted by atomic mass is 19.2. The highest BCUT2D eigenvalue weighted by Gasteiger charge is 2.19. The summed E-state index contributed by atoms with van der Waals surface area (Å²) in [6.45, 7) is 3.74. The molecule has 20 heavy (non-hydrogen) atoms. The van der Waals surface area contributed by atoms with E-state index < -0.39 is 17.5 Å². The monoisotopic (exact) mass is 277 g/mol. The van der Waals surface area contributed by atoms with Crippen LogP contribution in [0.15, 0.2) is 28.7 Å². The van der Waals surface area contributed by atoms with Gasteiger partial charge in [0, 0.05) is 0 Å². The van der Waals surface area contributed by atoms with E-state index in [0.29, 0.717) is 11.1 Å². The Labute approximate surface area is 112 Å². The van der Waals surface area contributed by atoms with Crippen molar-refractivity contribution in [3.05, 3.63) is 52.8 Å². The number of nitrogens with zero attached hydrogens (tertiary/aromatic N) is 1. The molecule has 0 saturated heterocycles. The van der Waals surface area contributed by atoms with Gasteiger partial charge in [-0.3, -0.25) is 0 Å². The van der Waals surface area contributed by atoms with Crippen molar-refractivity contribution in [1.82, 2.24) is 4.98 Å². The number of oxazole rings is 1. The van der Waals surface area contributed by atoms with Crippen LogP contribution in [0, 0.1) is 31.3 Å². The minimum Gasteiger partial charge on any atom is -0.436 e. The summed E-state index contributed by atoms with van der Waals surface area (Å²) in [4.78, 5) is 4.14. The number of aromatic nitrogens is 1. The first-order valence-corrected chi connectivity index (χ1v) is 5.99. The molecule has 3 aromatic rings. The summed E-state index contributed by atoms with van der Waals surface area (Å²) in [6, 6.07) is 5.65. The van der Waals surface area contributed by atoms with Gasteiger partial charge in [-0.25, -0.2) is 18.2 Å². The zero-order chi connectivity index (χ0) is 14.4. The quantitative estimate of drug-likeness (QED) is 0.611. The van der Waals surface area contributed by atoms with Crippen molar-refractivity contribution in [3.8, 4) is 11.5 Å². The number of fused-ring (bicyclic) bond motifs is 1. The van der Waals surface area contributed by atoms with Crippen molar-refractivity contribution in [2.45, 2.75) is 13.8 Å². The second-order valence-electron chi connectivity index (χ2n) is 4.67.